The highest BCUT2D eigenvalue weighted by Gasteiger charge is 2.19. The van der Waals surface area contributed by atoms with E-state index < -0.39 is 21.8 Å². The highest BCUT2D eigenvalue weighted by atomic mass is 32.2. The number of carbonyl (C=O) groups is 2. The Balaban J connectivity index is 1.91. The van der Waals surface area contributed by atoms with E-state index in [0.717, 1.165) is 0 Å². The minimum atomic E-state index is -3.87. The van der Waals surface area contributed by atoms with Gasteiger partial charge in [0.15, 0.2) is 0 Å². The lowest BCUT2D eigenvalue weighted by Crippen LogP contribution is -2.20. The summed E-state index contributed by atoms with van der Waals surface area (Å²) in [5, 5.41) is 2.60. The second kappa shape index (κ2) is 7.93. The molecule has 0 heterocycles. The van der Waals surface area contributed by atoms with Crippen molar-refractivity contribution >= 4 is 33.2 Å². The molecule has 0 saturated carbocycles. The number of hydrogen-bond acceptors (Lipinski definition) is 4. The van der Waals surface area contributed by atoms with Crippen LogP contribution < -0.4 is 15.8 Å². The molecular weight excluding hydrogens is 378 g/mol. The number of anilines is 2. The Bertz CT molecular complexity index is 1130. The standard InChI is InChI=1S/C20H17N3O4S/c21-19(24)15-10-4-6-12-17(15)22-20(25)16-11-5-7-13-18(16)23-28(26,27)14-8-2-1-3-9-14/h1-13,23H,(H2,21,24)(H,22,25). The lowest BCUT2D eigenvalue weighted by Gasteiger charge is -2.14. The summed E-state index contributed by atoms with van der Waals surface area (Å²) in [6.45, 7) is 0. The third-order valence-electron chi connectivity index (χ3n) is 3.91. The number of carbonyl (C=O) groups excluding carboxylic acids is 2. The van der Waals surface area contributed by atoms with Crippen LogP contribution in [0.15, 0.2) is 83.8 Å². The Labute approximate surface area is 162 Å². The number of primary amides is 1. The number of nitrogens with one attached hydrogen (secondary N) is 2. The molecule has 0 atom stereocenters. The Morgan fingerprint density at radius 2 is 1.25 bits per heavy atom. The first-order chi connectivity index (χ1) is 13.4. The minimum absolute atomic E-state index is 0.0734. The monoisotopic (exact) mass is 395 g/mol. The van der Waals surface area contributed by atoms with E-state index in [0.29, 0.717) is 0 Å². The smallest absolute Gasteiger partial charge is 0.261 e. The van der Waals surface area contributed by atoms with Gasteiger partial charge in [0.25, 0.3) is 21.8 Å². The van der Waals surface area contributed by atoms with Gasteiger partial charge in [0.1, 0.15) is 0 Å². The van der Waals surface area contributed by atoms with E-state index in [2.05, 4.69) is 10.0 Å². The molecule has 3 aromatic carbocycles. The van der Waals surface area contributed by atoms with E-state index in [4.69, 9.17) is 5.73 Å². The summed E-state index contributed by atoms with van der Waals surface area (Å²) in [5.41, 5.74) is 5.92. The molecule has 0 aliphatic carbocycles. The van der Waals surface area contributed by atoms with Crippen molar-refractivity contribution in [3.05, 3.63) is 90.0 Å². The van der Waals surface area contributed by atoms with E-state index in [-0.39, 0.29) is 27.4 Å². The average Bonchev–Trinajstić information content (AvgIpc) is 2.69. The molecule has 8 heteroatoms. The third-order valence-corrected chi connectivity index (χ3v) is 5.29. The molecule has 0 bridgehead atoms. The van der Waals surface area contributed by atoms with Gasteiger partial charge in [-0.3, -0.25) is 14.3 Å². The molecule has 0 aromatic heterocycles. The van der Waals surface area contributed by atoms with Gasteiger partial charge in [0.05, 0.1) is 27.4 Å². The predicted molar refractivity (Wildman–Crippen MR) is 107 cm³/mol. The molecule has 0 fully saturated rings. The summed E-state index contributed by atoms with van der Waals surface area (Å²) in [5.74, 6) is -1.27. The molecule has 0 aliphatic heterocycles. The van der Waals surface area contributed by atoms with E-state index >= 15 is 0 Å². The Kier molecular flexibility index (Phi) is 5.42. The van der Waals surface area contributed by atoms with Crippen LogP contribution in [0.2, 0.25) is 0 Å². The fourth-order valence-electron chi connectivity index (χ4n) is 2.57. The van der Waals surface area contributed by atoms with Gasteiger partial charge >= 0.3 is 0 Å². The first kappa shape index (κ1) is 19.1. The van der Waals surface area contributed by atoms with Crippen LogP contribution in [0.1, 0.15) is 20.7 Å². The molecule has 2 amide bonds. The van der Waals surface area contributed by atoms with Crippen molar-refractivity contribution in [1.29, 1.82) is 0 Å². The zero-order chi connectivity index (χ0) is 20.1. The minimum Gasteiger partial charge on any atom is -0.366 e. The van der Waals surface area contributed by atoms with Gasteiger partial charge in [0.2, 0.25) is 0 Å². The quantitative estimate of drug-likeness (QED) is 0.595. The van der Waals surface area contributed by atoms with Crippen molar-refractivity contribution in [3.63, 3.8) is 0 Å². The number of sulfonamides is 1. The number of benzene rings is 3. The van der Waals surface area contributed by atoms with Gasteiger partial charge in [-0.15, -0.1) is 0 Å². The molecule has 4 N–H and O–H groups in total. The topological polar surface area (TPSA) is 118 Å². The maximum Gasteiger partial charge on any atom is 0.261 e. The van der Waals surface area contributed by atoms with E-state index in [1.165, 1.54) is 36.4 Å². The molecular formula is C20H17N3O4S. The van der Waals surface area contributed by atoms with Crippen molar-refractivity contribution in [2.75, 3.05) is 10.0 Å². The summed E-state index contributed by atoms with van der Waals surface area (Å²) in [7, 11) is -3.87. The number of para-hydroxylation sites is 2. The number of nitrogens with two attached hydrogens (primary N) is 1. The molecule has 7 nitrogen and oxygen atoms in total. The van der Waals surface area contributed by atoms with Crippen LogP contribution in [-0.4, -0.2) is 20.2 Å². The largest absolute Gasteiger partial charge is 0.366 e. The maximum absolute atomic E-state index is 12.7. The van der Waals surface area contributed by atoms with E-state index in [1.807, 2.05) is 0 Å². The van der Waals surface area contributed by atoms with Gasteiger partial charge in [0, 0.05) is 0 Å². The van der Waals surface area contributed by atoms with Crippen molar-refractivity contribution in [1.82, 2.24) is 0 Å². The molecule has 0 spiro atoms. The van der Waals surface area contributed by atoms with Gasteiger partial charge in [-0.05, 0) is 36.4 Å². The van der Waals surface area contributed by atoms with Gasteiger partial charge in [-0.25, -0.2) is 8.42 Å². The van der Waals surface area contributed by atoms with Crippen LogP contribution >= 0.6 is 0 Å². The van der Waals surface area contributed by atoms with Crippen LogP contribution in [0.4, 0.5) is 11.4 Å². The molecule has 0 aliphatic rings. The average molecular weight is 395 g/mol. The molecule has 0 saturated heterocycles. The summed E-state index contributed by atoms with van der Waals surface area (Å²) in [4.78, 5) is 24.3. The number of rotatable bonds is 6. The normalized spacial score (nSPS) is 10.9. The molecule has 142 valence electrons. The van der Waals surface area contributed by atoms with Crippen LogP contribution in [0, 0.1) is 0 Å². The Morgan fingerprint density at radius 3 is 1.89 bits per heavy atom. The molecule has 0 radical (unpaired) electrons. The van der Waals surface area contributed by atoms with Gasteiger partial charge in [-0.1, -0.05) is 42.5 Å². The Morgan fingerprint density at radius 1 is 0.714 bits per heavy atom. The second-order valence-corrected chi connectivity index (χ2v) is 7.51. The van der Waals surface area contributed by atoms with E-state index in [9.17, 15) is 18.0 Å². The SMILES string of the molecule is NC(=O)c1ccccc1NC(=O)c1ccccc1NS(=O)(=O)c1ccccc1. The third kappa shape index (κ3) is 4.18. The lowest BCUT2D eigenvalue weighted by molar-refractivity contribution is 0.100. The van der Waals surface area contributed by atoms with Gasteiger partial charge in [-0.2, -0.15) is 0 Å². The zero-order valence-electron chi connectivity index (χ0n) is 14.6. The fourth-order valence-corrected chi connectivity index (χ4v) is 3.67. The van der Waals surface area contributed by atoms with Crippen molar-refractivity contribution in [2.24, 2.45) is 5.73 Å². The van der Waals surface area contributed by atoms with Crippen LogP contribution in [0.25, 0.3) is 0 Å². The highest BCUT2D eigenvalue weighted by molar-refractivity contribution is 7.92. The fraction of sp³-hybridized carbons (Fsp3) is 0. The molecule has 0 unspecified atom stereocenters. The van der Waals surface area contributed by atoms with Crippen LogP contribution in [0.5, 0.6) is 0 Å². The molecule has 3 rings (SSSR count). The second-order valence-electron chi connectivity index (χ2n) is 5.83. The first-order valence-corrected chi connectivity index (χ1v) is 9.74. The van der Waals surface area contributed by atoms with Crippen molar-refractivity contribution in [2.45, 2.75) is 4.90 Å². The molecule has 3 aromatic rings. The Hall–Kier alpha value is -3.65. The molecule has 28 heavy (non-hydrogen) atoms. The zero-order valence-corrected chi connectivity index (χ0v) is 15.4. The predicted octanol–water partition coefficient (Wildman–Crippen LogP) is 2.84. The highest BCUT2D eigenvalue weighted by Crippen LogP contribution is 2.22. The maximum atomic E-state index is 12.7. The van der Waals surface area contributed by atoms with Crippen molar-refractivity contribution in [3.8, 4) is 0 Å². The summed E-state index contributed by atoms with van der Waals surface area (Å²) in [6.07, 6.45) is 0. The summed E-state index contributed by atoms with van der Waals surface area (Å²) < 4.78 is 27.6. The lowest BCUT2D eigenvalue weighted by atomic mass is 10.1. The van der Waals surface area contributed by atoms with Crippen LogP contribution in [-0.2, 0) is 10.0 Å². The number of amides is 2. The van der Waals surface area contributed by atoms with Crippen molar-refractivity contribution < 1.29 is 18.0 Å². The summed E-state index contributed by atoms with van der Waals surface area (Å²) >= 11 is 0. The van der Waals surface area contributed by atoms with Gasteiger partial charge < -0.3 is 11.1 Å². The van der Waals surface area contributed by atoms with E-state index in [1.54, 1.807) is 42.5 Å². The summed E-state index contributed by atoms with van der Waals surface area (Å²) in [6, 6.07) is 20.3. The number of hydrogen-bond donors (Lipinski definition) is 3. The first-order valence-electron chi connectivity index (χ1n) is 8.25. The van der Waals surface area contributed by atoms with Crippen LogP contribution in [0.3, 0.4) is 0 Å².